The van der Waals surface area contributed by atoms with E-state index in [1.807, 2.05) is 6.92 Å². The average Bonchev–Trinajstić information content (AvgIpc) is 2.59. The molecule has 146 valence electrons. The molecule has 2 atom stereocenters. The Morgan fingerprint density at radius 1 is 1.37 bits per heavy atom. The number of hydrogen-bond donors (Lipinski definition) is 3. The minimum absolute atomic E-state index is 0.109. The number of anilines is 1. The highest BCUT2D eigenvalue weighted by atomic mass is 19.1. The van der Waals surface area contributed by atoms with Gasteiger partial charge in [-0.25, -0.2) is 9.18 Å². The molecule has 0 saturated heterocycles. The van der Waals surface area contributed by atoms with Crippen LogP contribution in [-0.2, 0) is 20.7 Å². The second-order valence-electron chi connectivity index (χ2n) is 7.57. The summed E-state index contributed by atoms with van der Waals surface area (Å²) in [5.41, 5.74) is -1.65. The van der Waals surface area contributed by atoms with Crippen LogP contribution in [-0.4, -0.2) is 41.1 Å². The summed E-state index contributed by atoms with van der Waals surface area (Å²) in [6, 6.07) is 2.48. The van der Waals surface area contributed by atoms with Crippen molar-refractivity contribution in [1.29, 1.82) is 0 Å². The molecule has 1 aromatic carbocycles. The minimum Gasteiger partial charge on any atom is -0.479 e. The van der Waals surface area contributed by atoms with E-state index in [0.29, 0.717) is 24.3 Å². The SMILES string of the molecule is CCOC1CC(NC(=O)c2cc3c(cc2F)NC(=O)CC3)(C(=O)O)C1(C)C. The largest absolute Gasteiger partial charge is 0.479 e. The molecule has 1 saturated carbocycles. The van der Waals surface area contributed by atoms with Crippen LogP contribution in [0.25, 0.3) is 0 Å². The predicted octanol–water partition coefficient (Wildman–Crippen LogP) is 2.10. The van der Waals surface area contributed by atoms with Gasteiger partial charge in [-0.2, -0.15) is 0 Å². The van der Waals surface area contributed by atoms with Crippen molar-refractivity contribution in [2.75, 3.05) is 11.9 Å². The molecule has 3 rings (SSSR count). The number of aryl methyl sites for hydroxylation is 1. The summed E-state index contributed by atoms with van der Waals surface area (Å²) in [4.78, 5) is 36.1. The van der Waals surface area contributed by atoms with Gasteiger partial charge < -0.3 is 20.5 Å². The Kier molecular flexibility index (Phi) is 4.71. The highest BCUT2D eigenvalue weighted by Gasteiger charge is 2.66. The lowest BCUT2D eigenvalue weighted by molar-refractivity contribution is -0.190. The molecule has 3 N–H and O–H groups in total. The van der Waals surface area contributed by atoms with Crippen molar-refractivity contribution >= 4 is 23.5 Å². The van der Waals surface area contributed by atoms with E-state index in [4.69, 9.17) is 4.74 Å². The number of carboxylic acid groups (broad SMARTS) is 1. The van der Waals surface area contributed by atoms with Gasteiger partial charge in [-0.1, -0.05) is 13.8 Å². The first-order valence-corrected chi connectivity index (χ1v) is 8.92. The molecule has 2 unspecified atom stereocenters. The quantitative estimate of drug-likeness (QED) is 0.728. The summed E-state index contributed by atoms with van der Waals surface area (Å²) < 4.78 is 20.0. The van der Waals surface area contributed by atoms with Crippen molar-refractivity contribution in [2.24, 2.45) is 5.41 Å². The maximum Gasteiger partial charge on any atom is 0.330 e. The molecule has 0 bridgehead atoms. The second kappa shape index (κ2) is 6.60. The topological polar surface area (TPSA) is 105 Å². The maximum atomic E-state index is 14.5. The van der Waals surface area contributed by atoms with Crippen LogP contribution in [0, 0.1) is 11.2 Å². The summed E-state index contributed by atoms with van der Waals surface area (Å²) in [7, 11) is 0. The number of rotatable bonds is 5. The molecule has 1 aliphatic heterocycles. The molecule has 1 aliphatic carbocycles. The van der Waals surface area contributed by atoms with Gasteiger partial charge in [-0.3, -0.25) is 9.59 Å². The number of nitrogens with one attached hydrogen (secondary N) is 2. The number of carbonyl (C=O) groups excluding carboxylic acids is 2. The Bertz CT molecular complexity index is 823. The van der Waals surface area contributed by atoms with E-state index in [-0.39, 0.29) is 30.4 Å². The number of benzene rings is 1. The molecule has 0 spiro atoms. The Morgan fingerprint density at radius 3 is 2.67 bits per heavy atom. The van der Waals surface area contributed by atoms with Crippen LogP contribution in [0.2, 0.25) is 0 Å². The third-order valence-electron chi connectivity index (χ3n) is 5.79. The lowest BCUT2D eigenvalue weighted by Gasteiger charge is -2.58. The van der Waals surface area contributed by atoms with Crippen molar-refractivity contribution in [3.63, 3.8) is 0 Å². The Hall–Kier alpha value is -2.48. The summed E-state index contributed by atoms with van der Waals surface area (Å²) in [6.45, 7) is 5.67. The fraction of sp³-hybridized carbons (Fsp3) is 0.526. The lowest BCUT2D eigenvalue weighted by atomic mass is 9.54. The third-order valence-corrected chi connectivity index (χ3v) is 5.79. The highest BCUT2D eigenvalue weighted by molar-refractivity contribution is 6.01. The van der Waals surface area contributed by atoms with E-state index in [0.717, 1.165) is 6.07 Å². The molecule has 0 aromatic heterocycles. The van der Waals surface area contributed by atoms with E-state index in [1.165, 1.54) is 6.07 Å². The summed E-state index contributed by atoms with van der Waals surface area (Å²) in [5.74, 6) is -2.99. The molecule has 1 aromatic rings. The van der Waals surface area contributed by atoms with E-state index in [1.54, 1.807) is 13.8 Å². The molecule has 27 heavy (non-hydrogen) atoms. The van der Waals surface area contributed by atoms with Gasteiger partial charge in [0.25, 0.3) is 5.91 Å². The Balaban J connectivity index is 1.88. The molecular weight excluding hydrogens is 355 g/mol. The van der Waals surface area contributed by atoms with E-state index >= 15 is 0 Å². The first kappa shape index (κ1) is 19.3. The zero-order chi connectivity index (χ0) is 20.0. The normalized spacial score (nSPS) is 25.8. The molecular formula is C19H23FN2O5. The summed E-state index contributed by atoms with van der Waals surface area (Å²) in [5, 5.41) is 14.9. The first-order valence-electron chi connectivity index (χ1n) is 8.92. The number of hydrogen-bond acceptors (Lipinski definition) is 4. The molecule has 8 heteroatoms. The first-order chi connectivity index (χ1) is 12.6. The van der Waals surface area contributed by atoms with Crippen LogP contribution in [0.3, 0.4) is 0 Å². The van der Waals surface area contributed by atoms with Gasteiger partial charge in [0.15, 0.2) is 0 Å². The smallest absolute Gasteiger partial charge is 0.330 e. The zero-order valence-electron chi connectivity index (χ0n) is 15.5. The van der Waals surface area contributed by atoms with Crippen LogP contribution in [0.15, 0.2) is 12.1 Å². The maximum absolute atomic E-state index is 14.5. The van der Waals surface area contributed by atoms with Gasteiger partial charge >= 0.3 is 5.97 Å². The molecule has 1 heterocycles. The van der Waals surface area contributed by atoms with Crippen molar-refractivity contribution < 1.29 is 28.6 Å². The number of halogens is 1. The molecule has 7 nitrogen and oxygen atoms in total. The van der Waals surface area contributed by atoms with E-state index in [9.17, 15) is 23.9 Å². The van der Waals surface area contributed by atoms with Gasteiger partial charge in [-0.05, 0) is 31.0 Å². The van der Waals surface area contributed by atoms with Gasteiger partial charge in [0.2, 0.25) is 5.91 Å². The summed E-state index contributed by atoms with van der Waals surface area (Å²) in [6.07, 6.45) is 0.436. The van der Waals surface area contributed by atoms with Gasteiger partial charge in [-0.15, -0.1) is 0 Å². The number of amides is 2. The second-order valence-corrected chi connectivity index (χ2v) is 7.57. The lowest BCUT2D eigenvalue weighted by Crippen LogP contribution is -2.76. The number of ether oxygens (including phenoxy) is 1. The molecule has 2 aliphatic rings. The monoisotopic (exact) mass is 378 g/mol. The Morgan fingerprint density at radius 2 is 2.07 bits per heavy atom. The molecule has 1 fully saturated rings. The third kappa shape index (κ3) is 2.97. The van der Waals surface area contributed by atoms with E-state index < -0.39 is 28.6 Å². The van der Waals surface area contributed by atoms with Gasteiger partial charge in [0.05, 0.1) is 11.7 Å². The van der Waals surface area contributed by atoms with Crippen LogP contribution < -0.4 is 10.6 Å². The van der Waals surface area contributed by atoms with Crippen LogP contribution in [0.5, 0.6) is 0 Å². The fourth-order valence-electron chi connectivity index (χ4n) is 3.87. The van der Waals surface area contributed by atoms with Crippen molar-refractivity contribution in [3.05, 3.63) is 29.1 Å². The summed E-state index contributed by atoms with van der Waals surface area (Å²) >= 11 is 0. The van der Waals surface area contributed by atoms with Crippen LogP contribution >= 0.6 is 0 Å². The predicted molar refractivity (Wildman–Crippen MR) is 95.0 cm³/mol. The number of fused-ring (bicyclic) bond motifs is 1. The standard InChI is InChI=1S/C19H23FN2O5/c1-4-27-14-9-19(17(25)26,18(14,2)3)22-16(24)11-7-10-5-6-15(23)21-13(10)8-12(11)20/h7-8,14H,4-6,9H2,1-3H3,(H,21,23)(H,22,24)(H,25,26). The average molecular weight is 378 g/mol. The van der Waals surface area contributed by atoms with Gasteiger partial charge in [0, 0.05) is 30.6 Å². The van der Waals surface area contributed by atoms with Crippen molar-refractivity contribution in [3.8, 4) is 0 Å². The highest BCUT2D eigenvalue weighted by Crippen LogP contribution is 2.51. The van der Waals surface area contributed by atoms with Crippen molar-refractivity contribution in [1.82, 2.24) is 5.32 Å². The number of carbonyl (C=O) groups is 3. The van der Waals surface area contributed by atoms with Crippen LogP contribution in [0.4, 0.5) is 10.1 Å². The molecule has 2 amide bonds. The Labute approximate surface area is 156 Å². The zero-order valence-corrected chi connectivity index (χ0v) is 15.5. The van der Waals surface area contributed by atoms with Crippen LogP contribution in [0.1, 0.15) is 49.5 Å². The fourth-order valence-corrected chi connectivity index (χ4v) is 3.87. The molecule has 0 radical (unpaired) electrons. The van der Waals surface area contributed by atoms with Gasteiger partial charge in [0.1, 0.15) is 11.4 Å². The number of carboxylic acids is 1. The van der Waals surface area contributed by atoms with E-state index in [2.05, 4.69) is 10.6 Å². The number of aliphatic carboxylic acids is 1. The minimum atomic E-state index is -1.54. The van der Waals surface area contributed by atoms with Crippen molar-refractivity contribution in [2.45, 2.75) is 51.7 Å².